The first-order chi connectivity index (χ1) is 12.8. The number of aliphatic hydroxyl groups is 2. The van der Waals surface area contributed by atoms with E-state index in [-0.39, 0.29) is 18.2 Å². The Kier molecular flexibility index (Phi) is 7.66. The van der Waals surface area contributed by atoms with Gasteiger partial charge in [0.25, 0.3) is 5.91 Å². The van der Waals surface area contributed by atoms with E-state index in [1.54, 1.807) is 17.6 Å². The molecule has 0 aliphatic heterocycles. The Hall–Kier alpha value is -2.07. The molecule has 0 radical (unpaired) electrons. The van der Waals surface area contributed by atoms with Gasteiger partial charge in [-0.2, -0.15) is 0 Å². The molecule has 0 aliphatic rings. The molecule has 1 aromatic heterocycles. The van der Waals surface area contributed by atoms with Gasteiger partial charge in [0.15, 0.2) is 6.61 Å². The van der Waals surface area contributed by atoms with Crippen molar-refractivity contribution >= 4 is 38.9 Å². The highest BCUT2D eigenvalue weighted by molar-refractivity contribution is 7.16. The topological polar surface area (TPSA) is 113 Å². The molecule has 148 valence electrons. The number of benzene rings is 1. The zero-order valence-electron chi connectivity index (χ0n) is 15.7. The first-order valence-corrected chi connectivity index (χ1v) is 9.43. The minimum atomic E-state index is -1.26. The van der Waals surface area contributed by atoms with Crippen LogP contribution in [0.2, 0.25) is 0 Å². The average Bonchev–Trinajstić information content (AvgIpc) is 3.07. The number of nitrogens with one attached hydrogen (secondary N) is 1. The number of carbonyl (C=O) groups excluding carboxylic acids is 1. The number of methoxy groups -OCH3 is 1. The lowest BCUT2D eigenvalue weighted by Gasteiger charge is -2.25. The third kappa shape index (κ3) is 5.70. The minimum absolute atomic E-state index is 0.00980. The number of carbonyl (C=O) groups is 1. The third-order valence-electron chi connectivity index (χ3n) is 3.89. The van der Waals surface area contributed by atoms with Crippen LogP contribution in [0.4, 0.5) is 5.69 Å². The van der Waals surface area contributed by atoms with Crippen LogP contribution in [0, 0.1) is 5.92 Å². The molecule has 0 unspecified atom stereocenters. The summed E-state index contributed by atoms with van der Waals surface area (Å²) in [6, 6.07) is 5.43. The van der Waals surface area contributed by atoms with Crippen LogP contribution in [0.3, 0.4) is 0 Å². The number of hydrogen-bond donors (Lipinski definition) is 3. The van der Waals surface area contributed by atoms with Gasteiger partial charge in [-0.1, -0.05) is 19.0 Å². The number of hydrogen-bond acceptors (Lipinski definition) is 8. The van der Waals surface area contributed by atoms with Crippen molar-refractivity contribution in [2.75, 3.05) is 19.0 Å². The van der Waals surface area contributed by atoms with E-state index in [2.05, 4.69) is 15.5 Å². The standard InChI is InChI=1S/C18H25N3O5S/c1-10(2)18(25-4)16(17(24)11(3)22)21-26-8-15(23)20-12-5-6-14-13(7-12)19-9-27-14/h5-7,9-11,17-18,22,24H,8H2,1-4H3,(H,20,23)/b21-16+/t11-,17+,18+/m1/s1. The molecule has 3 atom stereocenters. The van der Waals surface area contributed by atoms with Gasteiger partial charge in [-0.05, 0) is 31.0 Å². The quantitative estimate of drug-likeness (QED) is 0.442. The lowest BCUT2D eigenvalue weighted by molar-refractivity contribution is -0.120. The van der Waals surface area contributed by atoms with Crippen LogP contribution in [0.1, 0.15) is 20.8 Å². The molecule has 9 heteroatoms. The van der Waals surface area contributed by atoms with Gasteiger partial charge in [0.05, 0.1) is 21.8 Å². The first kappa shape index (κ1) is 21.2. The van der Waals surface area contributed by atoms with Crippen LogP contribution in [-0.4, -0.2) is 58.8 Å². The van der Waals surface area contributed by atoms with Crippen LogP contribution >= 0.6 is 11.3 Å². The fourth-order valence-electron chi connectivity index (χ4n) is 2.55. The second-order valence-corrected chi connectivity index (χ2v) is 7.34. The Bertz CT molecular complexity index is 790. The van der Waals surface area contributed by atoms with E-state index in [0.717, 1.165) is 10.2 Å². The van der Waals surface area contributed by atoms with Crippen molar-refractivity contribution in [3.8, 4) is 0 Å². The number of thiazole rings is 1. The summed E-state index contributed by atoms with van der Waals surface area (Å²) in [6.45, 7) is 4.87. The molecule has 27 heavy (non-hydrogen) atoms. The number of aliphatic hydroxyl groups excluding tert-OH is 2. The summed E-state index contributed by atoms with van der Waals surface area (Å²) in [5, 5.41) is 26.4. The smallest absolute Gasteiger partial charge is 0.265 e. The molecule has 1 heterocycles. The van der Waals surface area contributed by atoms with Gasteiger partial charge in [0.1, 0.15) is 17.9 Å². The first-order valence-electron chi connectivity index (χ1n) is 8.55. The summed E-state index contributed by atoms with van der Waals surface area (Å²) in [6.07, 6.45) is -2.86. The van der Waals surface area contributed by atoms with Crippen LogP contribution in [0.15, 0.2) is 28.9 Å². The Morgan fingerprint density at radius 2 is 2.07 bits per heavy atom. The summed E-state index contributed by atoms with van der Waals surface area (Å²) >= 11 is 1.52. The van der Waals surface area contributed by atoms with Gasteiger partial charge in [-0.3, -0.25) is 4.79 Å². The maximum atomic E-state index is 12.1. The van der Waals surface area contributed by atoms with Crippen LogP contribution < -0.4 is 5.32 Å². The lowest BCUT2D eigenvalue weighted by atomic mass is 9.96. The highest BCUT2D eigenvalue weighted by atomic mass is 32.1. The van der Waals surface area contributed by atoms with Gasteiger partial charge in [-0.25, -0.2) is 4.98 Å². The van der Waals surface area contributed by atoms with Gasteiger partial charge in [0.2, 0.25) is 0 Å². The molecule has 2 rings (SSSR count). The minimum Gasteiger partial charge on any atom is -0.390 e. The van der Waals surface area contributed by atoms with Crippen LogP contribution in [0.5, 0.6) is 0 Å². The molecule has 0 bridgehead atoms. The number of anilines is 1. The van der Waals surface area contributed by atoms with Crippen molar-refractivity contribution < 1.29 is 24.6 Å². The fraction of sp³-hybridized carbons (Fsp3) is 0.500. The Morgan fingerprint density at radius 1 is 1.33 bits per heavy atom. The maximum absolute atomic E-state index is 12.1. The Labute approximate surface area is 161 Å². The molecule has 0 spiro atoms. The number of ether oxygens (including phenoxy) is 1. The van der Waals surface area contributed by atoms with Crippen molar-refractivity contribution in [1.82, 2.24) is 4.98 Å². The molecule has 8 nitrogen and oxygen atoms in total. The van der Waals surface area contributed by atoms with E-state index in [0.29, 0.717) is 5.69 Å². The van der Waals surface area contributed by atoms with Crippen molar-refractivity contribution in [3.63, 3.8) is 0 Å². The lowest BCUT2D eigenvalue weighted by Crippen LogP contribution is -2.42. The number of fused-ring (bicyclic) bond motifs is 1. The molecule has 3 N–H and O–H groups in total. The van der Waals surface area contributed by atoms with E-state index in [4.69, 9.17) is 9.57 Å². The summed E-state index contributed by atoms with van der Waals surface area (Å²) in [4.78, 5) is 21.4. The normalized spacial score (nSPS) is 15.6. The molecule has 1 amide bonds. The van der Waals surface area contributed by atoms with E-state index >= 15 is 0 Å². The average molecular weight is 395 g/mol. The molecule has 0 aliphatic carbocycles. The zero-order valence-corrected chi connectivity index (χ0v) is 16.6. The predicted octanol–water partition coefficient (Wildman–Crippen LogP) is 2.02. The van der Waals surface area contributed by atoms with Gasteiger partial charge < -0.3 is 25.1 Å². The second kappa shape index (κ2) is 9.75. The second-order valence-electron chi connectivity index (χ2n) is 6.46. The largest absolute Gasteiger partial charge is 0.390 e. The molecule has 0 saturated carbocycles. The molecule has 0 fully saturated rings. The molecular formula is C18H25N3O5S. The van der Waals surface area contributed by atoms with E-state index < -0.39 is 24.2 Å². The Morgan fingerprint density at radius 3 is 2.70 bits per heavy atom. The van der Waals surface area contributed by atoms with Crippen LogP contribution in [0.25, 0.3) is 10.2 Å². The van der Waals surface area contributed by atoms with Gasteiger partial charge >= 0.3 is 0 Å². The maximum Gasteiger partial charge on any atom is 0.265 e. The predicted molar refractivity (Wildman–Crippen MR) is 105 cm³/mol. The highest BCUT2D eigenvalue weighted by Gasteiger charge is 2.29. The van der Waals surface area contributed by atoms with Crippen molar-refractivity contribution in [2.45, 2.75) is 39.1 Å². The number of amides is 1. The number of oxime groups is 1. The van der Waals surface area contributed by atoms with Gasteiger partial charge in [-0.15, -0.1) is 11.3 Å². The van der Waals surface area contributed by atoms with E-state index in [9.17, 15) is 15.0 Å². The van der Waals surface area contributed by atoms with E-state index in [1.165, 1.54) is 25.4 Å². The summed E-state index contributed by atoms with van der Waals surface area (Å²) in [5.74, 6) is -0.415. The van der Waals surface area contributed by atoms with Crippen molar-refractivity contribution in [2.24, 2.45) is 11.1 Å². The highest BCUT2D eigenvalue weighted by Crippen LogP contribution is 2.21. The monoisotopic (exact) mass is 395 g/mol. The summed E-state index contributed by atoms with van der Waals surface area (Å²) < 4.78 is 6.38. The molecule has 2 aromatic rings. The summed E-state index contributed by atoms with van der Waals surface area (Å²) in [7, 11) is 1.48. The Balaban J connectivity index is 2.01. The van der Waals surface area contributed by atoms with Crippen molar-refractivity contribution in [3.05, 3.63) is 23.7 Å². The summed E-state index contributed by atoms with van der Waals surface area (Å²) in [5.41, 5.74) is 3.29. The fourth-order valence-corrected chi connectivity index (χ4v) is 3.21. The third-order valence-corrected chi connectivity index (χ3v) is 4.70. The van der Waals surface area contributed by atoms with Crippen LogP contribution in [-0.2, 0) is 14.4 Å². The molecular weight excluding hydrogens is 370 g/mol. The number of aromatic nitrogens is 1. The number of nitrogens with zero attached hydrogens (tertiary/aromatic N) is 2. The van der Waals surface area contributed by atoms with E-state index in [1.807, 2.05) is 19.9 Å². The molecule has 0 saturated heterocycles. The SMILES string of the molecule is CO[C@H](/C(=N/OCC(=O)Nc1ccc2scnc2c1)[C@@H](O)[C@@H](C)O)C(C)C. The number of rotatable bonds is 9. The van der Waals surface area contributed by atoms with Crippen molar-refractivity contribution in [1.29, 1.82) is 0 Å². The molecule has 1 aromatic carbocycles. The zero-order chi connectivity index (χ0) is 20.0. The van der Waals surface area contributed by atoms with Gasteiger partial charge in [0, 0.05) is 12.8 Å².